The van der Waals surface area contributed by atoms with Gasteiger partial charge in [-0.2, -0.15) is 0 Å². The van der Waals surface area contributed by atoms with Gasteiger partial charge in [0.2, 0.25) is 0 Å². The summed E-state index contributed by atoms with van der Waals surface area (Å²) in [4.78, 5) is 20.1. The number of pyridine rings is 1. The molecule has 0 saturated carbocycles. The van der Waals surface area contributed by atoms with Crippen LogP contribution < -0.4 is 5.32 Å². The molecular formula is C17H12Cl2FN3O2. The lowest BCUT2D eigenvalue weighted by molar-refractivity contribution is -0.133. The molecule has 0 fully saturated rings. The lowest BCUT2D eigenvalue weighted by Crippen LogP contribution is -2.33. The highest BCUT2D eigenvalue weighted by molar-refractivity contribution is 6.35. The number of carboxylic acids is 1. The normalized spacial score (nSPS) is 17.1. The van der Waals surface area contributed by atoms with Gasteiger partial charge in [0.15, 0.2) is 11.7 Å². The van der Waals surface area contributed by atoms with Gasteiger partial charge in [0.25, 0.3) is 0 Å². The van der Waals surface area contributed by atoms with Crippen LogP contribution in [0.2, 0.25) is 10.0 Å². The first kappa shape index (κ1) is 17.4. The predicted molar refractivity (Wildman–Crippen MR) is 93.4 cm³/mol. The minimum Gasteiger partial charge on any atom is -0.478 e. The Morgan fingerprint density at radius 1 is 1.32 bits per heavy atom. The number of amidine groups is 1. The van der Waals surface area contributed by atoms with Crippen molar-refractivity contribution in [2.24, 2.45) is 4.99 Å². The summed E-state index contributed by atoms with van der Waals surface area (Å²) in [5.74, 6) is -1.58. The fraction of sp³-hybridized carbons (Fsp3) is 0.118. The van der Waals surface area contributed by atoms with Crippen LogP contribution in [-0.4, -0.2) is 21.9 Å². The van der Waals surface area contributed by atoms with Crippen LogP contribution in [0.25, 0.3) is 0 Å². The van der Waals surface area contributed by atoms with Crippen molar-refractivity contribution in [2.75, 3.05) is 0 Å². The molecule has 2 heterocycles. The van der Waals surface area contributed by atoms with Crippen LogP contribution in [0.1, 0.15) is 24.2 Å². The Morgan fingerprint density at radius 3 is 2.72 bits per heavy atom. The average molecular weight is 380 g/mol. The molecule has 1 aromatic heterocycles. The third kappa shape index (κ3) is 3.36. The summed E-state index contributed by atoms with van der Waals surface area (Å²) in [6, 6.07) is 6.50. The number of hydrogen-bond donors (Lipinski definition) is 2. The van der Waals surface area contributed by atoms with E-state index in [0.29, 0.717) is 16.3 Å². The van der Waals surface area contributed by atoms with Crippen molar-refractivity contribution in [2.45, 2.75) is 13.0 Å². The Morgan fingerprint density at radius 2 is 2.08 bits per heavy atom. The summed E-state index contributed by atoms with van der Waals surface area (Å²) < 4.78 is 14.1. The van der Waals surface area contributed by atoms with Gasteiger partial charge in [-0.25, -0.2) is 14.2 Å². The molecule has 0 radical (unpaired) electrons. The molecule has 0 bridgehead atoms. The zero-order valence-corrected chi connectivity index (χ0v) is 14.4. The standard InChI is InChI=1S/C17H12Cl2FN3O2/c1-8-13(17(24)25)14(10-5-4-9(18)7-11(10)19)23-16(22-8)15-12(20)3-2-6-21-15/h2-7,14H,1H3,(H,22,23)(H,24,25). The van der Waals surface area contributed by atoms with Gasteiger partial charge >= 0.3 is 5.97 Å². The molecule has 1 unspecified atom stereocenters. The monoisotopic (exact) mass is 379 g/mol. The van der Waals surface area contributed by atoms with Gasteiger partial charge in [0.05, 0.1) is 5.57 Å². The van der Waals surface area contributed by atoms with E-state index in [4.69, 9.17) is 23.2 Å². The van der Waals surface area contributed by atoms with E-state index in [0.717, 1.165) is 0 Å². The molecule has 1 aliphatic heterocycles. The Balaban J connectivity index is 2.17. The fourth-order valence-corrected chi connectivity index (χ4v) is 3.09. The summed E-state index contributed by atoms with van der Waals surface area (Å²) in [7, 11) is 0. The first-order valence-corrected chi connectivity index (χ1v) is 7.98. The van der Waals surface area contributed by atoms with E-state index in [2.05, 4.69) is 15.3 Å². The minimum atomic E-state index is -1.15. The highest BCUT2D eigenvalue weighted by atomic mass is 35.5. The average Bonchev–Trinajstić information content (AvgIpc) is 2.54. The van der Waals surface area contributed by atoms with Crippen LogP contribution in [0, 0.1) is 5.82 Å². The lowest BCUT2D eigenvalue weighted by atomic mass is 9.96. The number of hydrogen-bond acceptors (Lipinski definition) is 4. The number of halogens is 3. The van der Waals surface area contributed by atoms with E-state index in [1.807, 2.05) is 0 Å². The van der Waals surface area contributed by atoms with Crippen molar-refractivity contribution >= 4 is 35.0 Å². The number of aliphatic carboxylic acids is 1. The van der Waals surface area contributed by atoms with E-state index in [9.17, 15) is 14.3 Å². The molecule has 0 saturated heterocycles. The number of nitrogens with one attached hydrogen (secondary N) is 1. The van der Waals surface area contributed by atoms with Gasteiger partial charge in [-0.3, -0.25) is 4.99 Å². The molecule has 3 rings (SSSR count). The number of aliphatic imine (C=N–C) groups is 1. The third-order valence-electron chi connectivity index (χ3n) is 3.71. The molecule has 1 atom stereocenters. The lowest BCUT2D eigenvalue weighted by Gasteiger charge is -2.25. The smallest absolute Gasteiger partial charge is 0.335 e. The van der Waals surface area contributed by atoms with Crippen molar-refractivity contribution in [1.29, 1.82) is 0 Å². The SMILES string of the molecule is CC1=C(C(=O)O)C(c2ccc(Cl)cc2Cl)N=C(c2ncccc2F)N1. The summed E-state index contributed by atoms with van der Waals surface area (Å²) in [6.07, 6.45) is 1.43. The first-order chi connectivity index (χ1) is 11.9. The number of benzene rings is 1. The molecule has 1 aliphatic rings. The second-order valence-corrected chi connectivity index (χ2v) is 6.19. The van der Waals surface area contributed by atoms with Crippen molar-refractivity contribution in [3.8, 4) is 0 Å². The van der Waals surface area contributed by atoms with E-state index in [1.54, 1.807) is 19.1 Å². The van der Waals surface area contributed by atoms with Crippen molar-refractivity contribution < 1.29 is 14.3 Å². The highest BCUT2D eigenvalue weighted by Crippen LogP contribution is 2.36. The van der Waals surface area contributed by atoms with Crippen LogP contribution in [0.3, 0.4) is 0 Å². The predicted octanol–water partition coefficient (Wildman–Crippen LogP) is 3.98. The summed E-state index contributed by atoms with van der Waals surface area (Å²) in [5, 5.41) is 13.1. The first-order valence-electron chi connectivity index (χ1n) is 7.23. The van der Waals surface area contributed by atoms with E-state index < -0.39 is 17.8 Å². The molecule has 0 aliphatic carbocycles. The van der Waals surface area contributed by atoms with Crippen LogP contribution in [-0.2, 0) is 4.79 Å². The molecule has 128 valence electrons. The van der Waals surface area contributed by atoms with Crippen LogP contribution in [0.4, 0.5) is 4.39 Å². The molecule has 8 heteroatoms. The molecular weight excluding hydrogens is 368 g/mol. The van der Waals surface area contributed by atoms with Crippen LogP contribution in [0.5, 0.6) is 0 Å². The molecule has 5 nitrogen and oxygen atoms in total. The summed E-state index contributed by atoms with van der Waals surface area (Å²) in [5.41, 5.74) is 0.808. The molecule has 2 aromatic rings. The van der Waals surface area contributed by atoms with E-state index >= 15 is 0 Å². The zero-order valence-electron chi connectivity index (χ0n) is 12.9. The third-order valence-corrected chi connectivity index (χ3v) is 4.27. The van der Waals surface area contributed by atoms with Gasteiger partial charge in [0, 0.05) is 27.5 Å². The van der Waals surface area contributed by atoms with Gasteiger partial charge in [-0.05, 0) is 31.2 Å². The number of carboxylic acid groups (broad SMARTS) is 1. The Kier molecular flexibility index (Phi) is 4.74. The van der Waals surface area contributed by atoms with Crippen molar-refractivity contribution in [3.05, 3.63) is 74.9 Å². The number of carbonyl (C=O) groups is 1. The van der Waals surface area contributed by atoms with Gasteiger partial charge in [0.1, 0.15) is 11.7 Å². The Hall–Kier alpha value is -2.44. The minimum absolute atomic E-state index is 0.00127. The maximum Gasteiger partial charge on any atom is 0.335 e. The summed E-state index contributed by atoms with van der Waals surface area (Å²) in [6.45, 7) is 1.58. The number of allylic oxidation sites excluding steroid dienone is 1. The molecule has 25 heavy (non-hydrogen) atoms. The highest BCUT2D eigenvalue weighted by Gasteiger charge is 2.31. The zero-order chi connectivity index (χ0) is 18.1. The summed E-state index contributed by atoms with van der Waals surface area (Å²) >= 11 is 12.1. The van der Waals surface area contributed by atoms with Gasteiger partial charge < -0.3 is 10.4 Å². The Bertz CT molecular complexity index is 928. The second kappa shape index (κ2) is 6.82. The van der Waals surface area contributed by atoms with E-state index in [-0.39, 0.29) is 22.1 Å². The maximum absolute atomic E-state index is 14.1. The Labute approximate surface area is 152 Å². The molecule has 0 spiro atoms. The molecule has 0 amide bonds. The molecule has 2 N–H and O–H groups in total. The topological polar surface area (TPSA) is 74.6 Å². The van der Waals surface area contributed by atoms with Crippen molar-refractivity contribution in [3.63, 3.8) is 0 Å². The van der Waals surface area contributed by atoms with E-state index in [1.165, 1.54) is 24.4 Å². The van der Waals surface area contributed by atoms with Crippen molar-refractivity contribution in [1.82, 2.24) is 10.3 Å². The fourth-order valence-electron chi connectivity index (χ4n) is 2.58. The number of rotatable bonds is 3. The number of aromatic nitrogens is 1. The second-order valence-electron chi connectivity index (χ2n) is 5.35. The van der Waals surface area contributed by atoms with Gasteiger partial charge in [-0.1, -0.05) is 29.3 Å². The maximum atomic E-state index is 14.1. The molecule has 1 aromatic carbocycles. The quantitative estimate of drug-likeness (QED) is 0.845. The number of nitrogens with zero attached hydrogens (tertiary/aromatic N) is 2. The van der Waals surface area contributed by atoms with Crippen LogP contribution in [0.15, 0.2) is 52.8 Å². The van der Waals surface area contributed by atoms with Crippen LogP contribution >= 0.6 is 23.2 Å². The largest absolute Gasteiger partial charge is 0.478 e. The van der Waals surface area contributed by atoms with Gasteiger partial charge in [-0.15, -0.1) is 0 Å².